The first-order valence-corrected chi connectivity index (χ1v) is 2.28. The van der Waals surface area contributed by atoms with Crippen LogP contribution in [0.5, 0.6) is 0 Å². The van der Waals surface area contributed by atoms with E-state index in [9.17, 15) is 4.79 Å². The van der Waals surface area contributed by atoms with Gasteiger partial charge in [0, 0.05) is 0 Å². The number of carbonyl (C=O) groups excluding carboxylic acids is 1. The summed E-state index contributed by atoms with van der Waals surface area (Å²) < 4.78 is 0. The van der Waals surface area contributed by atoms with Gasteiger partial charge in [-0.2, -0.15) is 0 Å². The zero-order chi connectivity index (χ0) is 5.86. The van der Waals surface area contributed by atoms with Crippen LogP contribution in [0.2, 0.25) is 0 Å². The Morgan fingerprint density at radius 3 is 1.71 bits per heavy atom. The van der Waals surface area contributed by atoms with Crippen LogP contribution in [0.25, 0.3) is 0 Å². The van der Waals surface area contributed by atoms with Crippen molar-refractivity contribution in [2.75, 3.05) is 0 Å². The highest BCUT2D eigenvalue weighted by molar-refractivity contribution is 5.87. The van der Waals surface area contributed by atoms with Gasteiger partial charge in [0.1, 0.15) is 0 Å². The minimum atomic E-state index is 0.125. The van der Waals surface area contributed by atoms with Crippen LogP contribution in [0.1, 0.15) is 20.8 Å². The summed E-state index contributed by atoms with van der Waals surface area (Å²) in [7, 11) is 0. The van der Waals surface area contributed by atoms with Crippen molar-refractivity contribution in [1.82, 2.24) is 0 Å². The highest BCUT2D eigenvalue weighted by atomic mass is 16.2. The van der Waals surface area contributed by atoms with E-state index in [0.29, 0.717) is 0 Å². The zero-order valence-corrected chi connectivity index (χ0v) is 4.99. The van der Waals surface area contributed by atoms with E-state index in [2.05, 4.69) is 0 Å². The molecule has 0 rings (SSSR count). The molecule has 0 fully saturated rings. The van der Waals surface area contributed by atoms with Crippen molar-refractivity contribution in [2.24, 2.45) is 0 Å². The van der Waals surface area contributed by atoms with Gasteiger partial charge >= 0.3 is 0 Å². The Kier molecular flexibility index (Phi) is 2.34. The molecule has 0 aromatic heterocycles. The molecular formula is C6H10O. The third-order valence-corrected chi connectivity index (χ3v) is 0.492. The van der Waals surface area contributed by atoms with E-state index in [-0.39, 0.29) is 5.78 Å². The first kappa shape index (κ1) is 6.41. The van der Waals surface area contributed by atoms with Crippen LogP contribution >= 0.6 is 0 Å². The summed E-state index contributed by atoms with van der Waals surface area (Å²) in [5.74, 6) is 0.125. The van der Waals surface area contributed by atoms with Gasteiger partial charge in [-0.3, -0.25) is 4.79 Å². The monoisotopic (exact) mass is 100 g/mol. The van der Waals surface area contributed by atoms with Crippen LogP contribution in [0, 0.1) is 0 Å². The minimum Gasteiger partial charge on any atom is -0.295 e. The molecule has 0 aromatic rings. The third-order valence-electron chi connectivity index (χ3n) is 0.492. The van der Waals surface area contributed by atoms with E-state index in [1.165, 1.54) is 0 Å². The molecule has 0 radical (unpaired) electrons. The van der Waals surface area contributed by atoms with Gasteiger partial charge in [0.2, 0.25) is 0 Å². The molecule has 0 aliphatic heterocycles. The van der Waals surface area contributed by atoms with Crippen molar-refractivity contribution in [3.63, 3.8) is 0 Å². The van der Waals surface area contributed by atoms with Gasteiger partial charge in [-0.05, 0) is 26.8 Å². The van der Waals surface area contributed by atoms with Gasteiger partial charge in [0.15, 0.2) is 5.78 Å². The second-order valence-corrected chi connectivity index (χ2v) is 1.83. The predicted molar refractivity (Wildman–Crippen MR) is 30.1 cm³/mol. The number of ketones is 1. The Morgan fingerprint density at radius 2 is 1.71 bits per heavy atom. The number of allylic oxidation sites excluding steroid dienone is 2. The Bertz CT molecular complexity index is 96.7. The molecule has 0 atom stereocenters. The molecule has 1 heteroatoms. The van der Waals surface area contributed by atoms with Gasteiger partial charge in [-0.1, -0.05) is 5.57 Å². The summed E-state index contributed by atoms with van der Waals surface area (Å²) in [5.41, 5.74) is 1.06. The molecule has 7 heavy (non-hydrogen) atoms. The van der Waals surface area contributed by atoms with Crippen molar-refractivity contribution >= 4 is 5.78 Å². The van der Waals surface area contributed by atoms with Crippen molar-refractivity contribution < 1.29 is 4.79 Å². The normalized spacial score (nSPS) is 7.86. The highest BCUT2D eigenvalue weighted by Crippen LogP contribution is 1.86. The number of hydrogen-bond donors (Lipinski definition) is 0. The van der Waals surface area contributed by atoms with Crippen LogP contribution < -0.4 is 0 Å². The van der Waals surface area contributed by atoms with E-state index < -0.39 is 0 Å². The first-order valence-electron chi connectivity index (χ1n) is 2.28. The van der Waals surface area contributed by atoms with E-state index >= 15 is 0 Å². The zero-order valence-electron chi connectivity index (χ0n) is 4.99. The second kappa shape index (κ2) is 2.56. The third kappa shape index (κ3) is 5.41. The molecule has 1 nitrogen and oxygen atoms in total. The van der Waals surface area contributed by atoms with Gasteiger partial charge < -0.3 is 0 Å². The maximum atomic E-state index is 10.2. The molecule has 0 spiro atoms. The quantitative estimate of drug-likeness (QED) is 0.361. The SMILES string of the molecule is C[13C](=O)C=[13C](C)C. The summed E-state index contributed by atoms with van der Waals surface area (Å²) in [6.07, 6.45) is 1.61. The lowest BCUT2D eigenvalue weighted by Gasteiger charge is -1.80. The minimum absolute atomic E-state index is 0.125. The number of carbonyl (C=O) groups is 1. The second-order valence-electron chi connectivity index (χ2n) is 1.83. The van der Waals surface area contributed by atoms with Crippen molar-refractivity contribution in [1.29, 1.82) is 0 Å². The van der Waals surface area contributed by atoms with Gasteiger partial charge in [-0.15, -0.1) is 0 Å². The Hall–Kier alpha value is -0.590. The van der Waals surface area contributed by atoms with E-state index in [1.54, 1.807) is 13.0 Å². The summed E-state index contributed by atoms with van der Waals surface area (Å²) >= 11 is 0. The lowest BCUT2D eigenvalue weighted by Crippen LogP contribution is -1.80. The lowest BCUT2D eigenvalue weighted by atomic mass is 10.7. The summed E-state index contributed by atoms with van der Waals surface area (Å²) in [6, 6.07) is 0. The standard InChI is InChI=1S/C6H10O/c1-5(2)4-6(3)7/h4H,1-3H3/i5+1,6+1. The molecule has 40 valence electrons. The van der Waals surface area contributed by atoms with E-state index in [0.717, 1.165) is 5.57 Å². The van der Waals surface area contributed by atoms with Crippen molar-refractivity contribution in [3.05, 3.63) is 11.6 Å². The van der Waals surface area contributed by atoms with E-state index in [1.807, 2.05) is 13.8 Å². The predicted octanol–water partition coefficient (Wildman–Crippen LogP) is 1.54. The van der Waals surface area contributed by atoms with Crippen LogP contribution in [0.15, 0.2) is 11.6 Å². The fraction of sp³-hybridized carbons (Fsp3) is 0.500. The molecule has 0 aliphatic rings. The number of rotatable bonds is 1. The largest absolute Gasteiger partial charge is 0.295 e. The fourth-order valence-corrected chi connectivity index (χ4v) is 0.407. The number of hydrogen-bond acceptors (Lipinski definition) is 1. The maximum absolute atomic E-state index is 10.2. The molecule has 0 saturated heterocycles. The summed E-state index contributed by atoms with van der Waals surface area (Å²) in [5, 5.41) is 0. The average Bonchev–Trinajstić information content (AvgIpc) is 1.27. The molecule has 0 bridgehead atoms. The maximum Gasteiger partial charge on any atom is 0.152 e. The highest BCUT2D eigenvalue weighted by Gasteiger charge is 1.80. The Labute approximate surface area is 44.0 Å². The smallest absolute Gasteiger partial charge is 0.152 e. The summed E-state index contributed by atoms with van der Waals surface area (Å²) in [6.45, 7) is 5.36. The van der Waals surface area contributed by atoms with Gasteiger partial charge in [0.25, 0.3) is 0 Å². The molecule has 0 aromatic carbocycles. The van der Waals surface area contributed by atoms with Crippen LogP contribution in [-0.2, 0) is 4.79 Å². The van der Waals surface area contributed by atoms with Crippen molar-refractivity contribution in [3.8, 4) is 0 Å². The molecule has 0 heterocycles. The molecule has 0 unspecified atom stereocenters. The average molecular weight is 100 g/mol. The fourth-order valence-electron chi connectivity index (χ4n) is 0.407. The van der Waals surface area contributed by atoms with Gasteiger partial charge in [-0.25, -0.2) is 0 Å². The molecule has 0 N–H and O–H groups in total. The Balaban J connectivity index is 3.68. The lowest BCUT2D eigenvalue weighted by molar-refractivity contribution is -0.112. The van der Waals surface area contributed by atoms with Crippen LogP contribution in [0.4, 0.5) is 0 Å². The van der Waals surface area contributed by atoms with Crippen molar-refractivity contribution in [2.45, 2.75) is 20.8 Å². The molecule has 0 aliphatic carbocycles. The molecular weight excluding hydrogens is 90.0 g/mol. The first-order chi connectivity index (χ1) is 3.13. The van der Waals surface area contributed by atoms with Gasteiger partial charge in [0.05, 0.1) is 0 Å². The van der Waals surface area contributed by atoms with Crippen LogP contribution in [-0.4, -0.2) is 5.78 Å². The topological polar surface area (TPSA) is 17.1 Å². The molecule has 0 amide bonds. The van der Waals surface area contributed by atoms with Crippen LogP contribution in [0.3, 0.4) is 0 Å². The van der Waals surface area contributed by atoms with E-state index in [4.69, 9.17) is 0 Å². The molecule has 0 saturated carbocycles. The Morgan fingerprint density at radius 1 is 1.29 bits per heavy atom. The summed E-state index contributed by atoms with van der Waals surface area (Å²) in [4.78, 5) is 10.2.